The Bertz CT molecular complexity index is 1050. The number of benzene rings is 3. The van der Waals surface area contributed by atoms with Gasteiger partial charge in [0, 0.05) is 0 Å². The Morgan fingerprint density at radius 1 is 0.800 bits per heavy atom. The molecule has 0 saturated heterocycles. The summed E-state index contributed by atoms with van der Waals surface area (Å²) >= 11 is 0. The standard InChI is InChI=1S/C29H34N2O4/c1-21(2)17-27(29(33)35-20-24-11-7-4-8-12-24)31-28(32)26(30)18-22-13-15-25(16-14-22)34-19-23-9-5-3-6-10-23/h3-16,21,26-27H,17-20,30H2,1-2H3,(H,31,32)/t26-,27-/m0/s1. The molecule has 0 heterocycles. The number of hydrogen-bond acceptors (Lipinski definition) is 5. The van der Waals surface area contributed by atoms with Crippen molar-refractivity contribution < 1.29 is 19.1 Å². The first-order valence-corrected chi connectivity index (χ1v) is 11.9. The van der Waals surface area contributed by atoms with Gasteiger partial charge < -0.3 is 20.5 Å². The van der Waals surface area contributed by atoms with Crippen molar-refractivity contribution in [2.45, 2.75) is 52.0 Å². The van der Waals surface area contributed by atoms with Gasteiger partial charge in [0.1, 0.15) is 25.0 Å². The summed E-state index contributed by atoms with van der Waals surface area (Å²) in [6.07, 6.45) is 0.817. The molecular formula is C29H34N2O4. The average molecular weight is 475 g/mol. The number of ether oxygens (including phenoxy) is 2. The fraction of sp³-hybridized carbons (Fsp3) is 0.310. The van der Waals surface area contributed by atoms with Crippen molar-refractivity contribution in [2.75, 3.05) is 0 Å². The molecule has 3 aromatic rings. The molecule has 0 unspecified atom stereocenters. The van der Waals surface area contributed by atoms with Crippen LogP contribution in [0.4, 0.5) is 0 Å². The van der Waals surface area contributed by atoms with Crippen LogP contribution in [0.5, 0.6) is 5.75 Å². The lowest BCUT2D eigenvalue weighted by Gasteiger charge is -2.21. The number of rotatable bonds is 12. The molecule has 0 aliphatic carbocycles. The minimum atomic E-state index is -0.789. The van der Waals surface area contributed by atoms with E-state index in [4.69, 9.17) is 15.2 Å². The molecule has 6 heteroatoms. The molecule has 0 aliphatic rings. The summed E-state index contributed by atoms with van der Waals surface area (Å²) in [5.41, 5.74) is 9.06. The van der Waals surface area contributed by atoms with E-state index in [9.17, 15) is 9.59 Å². The van der Waals surface area contributed by atoms with Gasteiger partial charge in [-0.1, -0.05) is 86.6 Å². The zero-order chi connectivity index (χ0) is 25.0. The number of nitrogens with two attached hydrogens (primary N) is 1. The first kappa shape index (κ1) is 26.0. The lowest BCUT2D eigenvalue weighted by Crippen LogP contribution is -2.50. The van der Waals surface area contributed by atoms with E-state index in [2.05, 4.69) is 5.32 Å². The molecule has 3 aromatic carbocycles. The maximum atomic E-state index is 12.8. The third-order valence-electron chi connectivity index (χ3n) is 5.50. The lowest BCUT2D eigenvalue weighted by molar-refractivity contribution is -0.149. The number of amides is 1. The van der Waals surface area contributed by atoms with Gasteiger partial charge in [-0.15, -0.1) is 0 Å². The van der Waals surface area contributed by atoms with E-state index in [-0.39, 0.29) is 18.4 Å². The van der Waals surface area contributed by atoms with Gasteiger partial charge in [-0.05, 0) is 47.6 Å². The topological polar surface area (TPSA) is 90.7 Å². The van der Waals surface area contributed by atoms with E-state index in [1.54, 1.807) is 0 Å². The lowest BCUT2D eigenvalue weighted by atomic mass is 10.0. The average Bonchev–Trinajstić information content (AvgIpc) is 2.87. The monoisotopic (exact) mass is 474 g/mol. The highest BCUT2D eigenvalue weighted by atomic mass is 16.5. The van der Waals surface area contributed by atoms with E-state index >= 15 is 0 Å². The Kier molecular flexibility index (Phi) is 9.87. The number of esters is 1. The molecule has 0 aromatic heterocycles. The summed E-state index contributed by atoms with van der Waals surface area (Å²) in [6.45, 7) is 4.63. The van der Waals surface area contributed by atoms with Crippen LogP contribution in [0.25, 0.3) is 0 Å². The third kappa shape index (κ3) is 8.91. The molecule has 2 atom stereocenters. The third-order valence-corrected chi connectivity index (χ3v) is 5.50. The van der Waals surface area contributed by atoms with Crippen molar-refractivity contribution in [3.8, 4) is 5.75 Å². The Morgan fingerprint density at radius 2 is 1.37 bits per heavy atom. The van der Waals surface area contributed by atoms with E-state index in [0.29, 0.717) is 19.4 Å². The smallest absolute Gasteiger partial charge is 0.328 e. The zero-order valence-corrected chi connectivity index (χ0v) is 20.4. The second kappa shape index (κ2) is 13.3. The maximum Gasteiger partial charge on any atom is 0.328 e. The Morgan fingerprint density at radius 3 is 1.94 bits per heavy atom. The molecule has 3 rings (SSSR count). The van der Waals surface area contributed by atoms with Crippen LogP contribution < -0.4 is 15.8 Å². The molecule has 184 valence electrons. The Labute approximate surface area is 207 Å². The molecule has 1 amide bonds. The summed E-state index contributed by atoms with van der Waals surface area (Å²) in [4.78, 5) is 25.5. The molecule has 0 saturated carbocycles. The molecule has 6 nitrogen and oxygen atoms in total. The van der Waals surface area contributed by atoms with Gasteiger partial charge in [-0.25, -0.2) is 4.79 Å². The van der Waals surface area contributed by atoms with Crippen LogP contribution in [-0.2, 0) is 34.0 Å². The summed E-state index contributed by atoms with van der Waals surface area (Å²) in [7, 11) is 0. The van der Waals surface area contributed by atoms with E-state index < -0.39 is 18.1 Å². The number of carbonyl (C=O) groups excluding carboxylic acids is 2. The van der Waals surface area contributed by atoms with Crippen LogP contribution in [0, 0.1) is 5.92 Å². The molecule has 35 heavy (non-hydrogen) atoms. The van der Waals surface area contributed by atoms with Crippen LogP contribution in [0.3, 0.4) is 0 Å². The highest BCUT2D eigenvalue weighted by Crippen LogP contribution is 2.16. The van der Waals surface area contributed by atoms with Gasteiger partial charge in [-0.3, -0.25) is 4.79 Å². The van der Waals surface area contributed by atoms with Gasteiger partial charge in [0.15, 0.2) is 0 Å². The van der Waals surface area contributed by atoms with Crippen molar-refractivity contribution in [2.24, 2.45) is 11.7 Å². The fourth-order valence-corrected chi connectivity index (χ4v) is 3.60. The van der Waals surface area contributed by atoms with Gasteiger partial charge in [-0.2, -0.15) is 0 Å². The first-order chi connectivity index (χ1) is 16.9. The summed E-state index contributed by atoms with van der Waals surface area (Å²) < 4.78 is 11.3. The highest BCUT2D eigenvalue weighted by molar-refractivity contribution is 5.87. The van der Waals surface area contributed by atoms with E-state index in [1.807, 2.05) is 98.8 Å². The molecule has 0 fully saturated rings. The van der Waals surface area contributed by atoms with Crippen molar-refractivity contribution in [3.63, 3.8) is 0 Å². The normalized spacial score (nSPS) is 12.6. The van der Waals surface area contributed by atoms with Gasteiger partial charge in [0.25, 0.3) is 0 Å². The van der Waals surface area contributed by atoms with Crippen molar-refractivity contribution in [1.82, 2.24) is 5.32 Å². The van der Waals surface area contributed by atoms with E-state index in [1.165, 1.54) is 0 Å². The largest absolute Gasteiger partial charge is 0.489 e. The summed E-state index contributed by atoms with van der Waals surface area (Å²) in [6, 6.07) is 25.4. The molecule has 0 bridgehead atoms. The summed E-state index contributed by atoms with van der Waals surface area (Å²) in [5, 5.41) is 2.79. The van der Waals surface area contributed by atoms with Crippen LogP contribution in [-0.4, -0.2) is 24.0 Å². The maximum absolute atomic E-state index is 12.8. The molecule has 0 aliphatic heterocycles. The van der Waals surface area contributed by atoms with Crippen LogP contribution in [0.2, 0.25) is 0 Å². The van der Waals surface area contributed by atoms with Crippen molar-refractivity contribution in [1.29, 1.82) is 0 Å². The molecular weight excluding hydrogens is 440 g/mol. The van der Waals surface area contributed by atoms with Gasteiger partial charge in [0.2, 0.25) is 5.91 Å². The Hall–Kier alpha value is -3.64. The van der Waals surface area contributed by atoms with Crippen molar-refractivity contribution in [3.05, 3.63) is 102 Å². The van der Waals surface area contributed by atoms with E-state index in [0.717, 1.165) is 22.4 Å². The second-order valence-corrected chi connectivity index (χ2v) is 9.01. The summed E-state index contributed by atoms with van der Waals surface area (Å²) in [5.74, 6) is 0.109. The number of nitrogens with one attached hydrogen (secondary N) is 1. The van der Waals surface area contributed by atoms with Crippen LogP contribution in [0.15, 0.2) is 84.9 Å². The highest BCUT2D eigenvalue weighted by Gasteiger charge is 2.26. The van der Waals surface area contributed by atoms with Gasteiger partial charge in [0.05, 0.1) is 6.04 Å². The minimum Gasteiger partial charge on any atom is -0.489 e. The Balaban J connectivity index is 1.51. The SMILES string of the molecule is CC(C)C[C@H](NC(=O)[C@@H](N)Cc1ccc(OCc2ccccc2)cc1)C(=O)OCc1ccccc1. The van der Waals surface area contributed by atoms with Crippen molar-refractivity contribution >= 4 is 11.9 Å². The predicted octanol–water partition coefficient (Wildman–Crippen LogP) is 4.41. The number of carbonyl (C=O) groups is 2. The fourth-order valence-electron chi connectivity index (χ4n) is 3.60. The first-order valence-electron chi connectivity index (χ1n) is 11.9. The molecule has 0 radical (unpaired) electrons. The predicted molar refractivity (Wildman–Crippen MR) is 137 cm³/mol. The van der Waals surface area contributed by atoms with Crippen LogP contribution in [0.1, 0.15) is 37.0 Å². The number of hydrogen-bond donors (Lipinski definition) is 2. The second-order valence-electron chi connectivity index (χ2n) is 9.01. The zero-order valence-electron chi connectivity index (χ0n) is 20.4. The minimum absolute atomic E-state index is 0.162. The quantitative estimate of drug-likeness (QED) is 0.380. The van der Waals surface area contributed by atoms with Gasteiger partial charge >= 0.3 is 5.97 Å². The van der Waals surface area contributed by atoms with Crippen LogP contribution >= 0.6 is 0 Å². The molecule has 3 N–H and O–H groups in total. The molecule has 0 spiro atoms.